The van der Waals surface area contributed by atoms with Crippen LogP contribution in [0.5, 0.6) is 0 Å². The molecule has 0 aliphatic heterocycles. The molecule has 0 spiro atoms. The van der Waals surface area contributed by atoms with Gasteiger partial charge in [0, 0.05) is 25.1 Å². The first-order valence-corrected chi connectivity index (χ1v) is 9.03. The Hall–Kier alpha value is -1.11. The van der Waals surface area contributed by atoms with E-state index >= 15 is 0 Å². The number of sulfonamides is 1. The van der Waals surface area contributed by atoms with Gasteiger partial charge < -0.3 is 10.4 Å². The lowest BCUT2D eigenvalue weighted by atomic mass is 9.85. The lowest BCUT2D eigenvalue weighted by Crippen LogP contribution is -2.35. The summed E-state index contributed by atoms with van der Waals surface area (Å²) < 4.78 is 27.0. The van der Waals surface area contributed by atoms with Crippen molar-refractivity contribution in [3.05, 3.63) is 24.3 Å². The van der Waals surface area contributed by atoms with Crippen LogP contribution in [0, 0.1) is 5.92 Å². The third kappa shape index (κ3) is 3.96. The standard InChI is InChI=1S/C15H24N2O3S/c1-2-16-21(19,20)15-10-6-5-9-14(15)17-13-8-4-3-7-12(13)11-18/h5-6,9-10,12-13,16-18H,2-4,7-8,11H2,1H3. The second-order valence-corrected chi connectivity index (χ2v) is 7.21. The zero-order chi connectivity index (χ0) is 15.3. The van der Waals surface area contributed by atoms with Gasteiger partial charge in [-0.2, -0.15) is 0 Å². The summed E-state index contributed by atoms with van der Waals surface area (Å²) in [5.74, 6) is 0.189. The zero-order valence-electron chi connectivity index (χ0n) is 12.4. The Morgan fingerprint density at radius 3 is 2.67 bits per heavy atom. The SMILES string of the molecule is CCNS(=O)(=O)c1ccccc1NC1CCCCC1CO. The maximum atomic E-state index is 12.2. The van der Waals surface area contributed by atoms with Gasteiger partial charge in [-0.15, -0.1) is 0 Å². The van der Waals surface area contributed by atoms with Crippen LogP contribution in [0.2, 0.25) is 0 Å². The average molecular weight is 312 g/mol. The van der Waals surface area contributed by atoms with Crippen LogP contribution in [-0.4, -0.2) is 32.7 Å². The summed E-state index contributed by atoms with van der Waals surface area (Å²) >= 11 is 0. The quantitative estimate of drug-likeness (QED) is 0.750. The molecule has 1 fully saturated rings. The van der Waals surface area contributed by atoms with Crippen molar-refractivity contribution in [1.82, 2.24) is 4.72 Å². The predicted molar refractivity (Wildman–Crippen MR) is 83.8 cm³/mol. The molecule has 2 rings (SSSR count). The van der Waals surface area contributed by atoms with E-state index in [9.17, 15) is 13.5 Å². The van der Waals surface area contributed by atoms with Gasteiger partial charge in [-0.05, 0) is 25.0 Å². The van der Waals surface area contributed by atoms with Crippen LogP contribution in [0.4, 0.5) is 5.69 Å². The zero-order valence-corrected chi connectivity index (χ0v) is 13.2. The van der Waals surface area contributed by atoms with Gasteiger partial charge in [-0.3, -0.25) is 0 Å². The number of para-hydroxylation sites is 1. The largest absolute Gasteiger partial charge is 0.396 e. The third-order valence-electron chi connectivity index (χ3n) is 4.00. The Balaban J connectivity index is 2.24. The highest BCUT2D eigenvalue weighted by Gasteiger charge is 2.26. The molecule has 0 bridgehead atoms. The van der Waals surface area contributed by atoms with Crippen molar-refractivity contribution in [2.45, 2.75) is 43.5 Å². The third-order valence-corrected chi connectivity index (χ3v) is 5.60. The van der Waals surface area contributed by atoms with Crippen LogP contribution in [0.25, 0.3) is 0 Å². The maximum Gasteiger partial charge on any atom is 0.242 e. The number of anilines is 1. The van der Waals surface area contributed by atoms with Gasteiger partial charge in [0.05, 0.1) is 5.69 Å². The molecule has 1 aromatic rings. The van der Waals surface area contributed by atoms with Crippen molar-refractivity contribution in [2.75, 3.05) is 18.5 Å². The van der Waals surface area contributed by atoms with Gasteiger partial charge in [0.25, 0.3) is 0 Å². The summed E-state index contributed by atoms with van der Waals surface area (Å²) in [6.07, 6.45) is 4.17. The van der Waals surface area contributed by atoms with E-state index in [4.69, 9.17) is 0 Å². The highest BCUT2D eigenvalue weighted by Crippen LogP contribution is 2.29. The van der Waals surface area contributed by atoms with Gasteiger partial charge in [0.1, 0.15) is 4.90 Å². The molecule has 0 amide bonds. The summed E-state index contributed by atoms with van der Waals surface area (Å²) in [6.45, 7) is 2.26. The molecule has 5 nitrogen and oxygen atoms in total. The highest BCUT2D eigenvalue weighted by atomic mass is 32.2. The van der Waals surface area contributed by atoms with Gasteiger partial charge in [-0.1, -0.05) is 31.9 Å². The number of aliphatic hydroxyl groups excluding tert-OH is 1. The average Bonchev–Trinajstić information content (AvgIpc) is 2.48. The van der Waals surface area contributed by atoms with E-state index in [0.717, 1.165) is 25.7 Å². The van der Waals surface area contributed by atoms with Crippen molar-refractivity contribution in [3.8, 4) is 0 Å². The second kappa shape index (κ2) is 7.24. The molecule has 1 saturated carbocycles. The molecule has 0 heterocycles. The van der Waals surface area contributed by atoms with E-state index in [1.807, 2.05) is 6.07 Å². The van der Waals surface area contributed by atoms with Gasteiger partial charge in [0.15, 0.2) is 0 Å². The fourth-order valence-electron chi connectivity index (χ4n) is 2.90. The molecule has 0 saturated heterocycles. The molecule has 3 N–H and O–H groups in total. The Morgan fingerprint density at radius 1 is 1.24 bits per heavy atom. The Labute approximate surface area is 126 Å². The minimum Gasteiger partial charge on any atom is -0.396 e. The van der Waals surface area contributed by atoms with Crippen molar-refractivity contribution >= 4 is 15.7 Å². The van der Waals surface area contributed by atoms with Crippen molar-refractivity contribution in [2.24, 2.45) is 5.92 Å². The Kier molecular flexibility index (Phi) is 5.61. The fraction of sp³-hybridized carbons (Fsp3) is 0.600. The first kappa shape index (κ1) is 16.3. The summed E-state index contributed by atoms with van der Waals surface area (Å²) in [6, 6.07) is 7.07. The minimum absolute atomic E-state index is 0.127. The number of nitrogens with one attached hydrogen (secondary N) is 2. The molecular formula is C15H24N2O3S. The smallest absolute Gasteiger partial charge is 0.242 e. The predicted octanol–water partition coefficient (Wildman–Crippen LogP) is 1.95. The van der Waals surface area contributed by atoms with Crippen molar-refractivity contribution in [1.29, 1.82) is 0 Å². The number of benzene rings is 1. The molecule has 0 radical (unpaired) electrons. The molecular weight excluding hydrogens is 288 g/mol. The van der Waals surface area contributed by atoms with E-state index in [0.29, 0.717) is 12.2 Å². The molecule has 1 aliphatic carbocycles. The molecule has 1 aliphatic rings. The fourth-order valence-corrected chi connectivity index (χ4v) is 4.11. The number of rotatable bonds is 6. The summed E-state index contributed by atoms with van der Waals surface area (Å²) in [5.41, 5.74) is 0.615. The molecule has 2 unspecified atom stereocenters. The van der Waals surface area contributed by atoms with E-state index in [-0.39, 0.29) is 23.5 Å². The highest BCUT2D eigenvalue weighted by molar-refractivity contribution is 7.89. The normalized spacial score (nSPS) is 23.0. The van der Waals surface area contributed by atoms with Crippen LogP contribution in [0.15, 0.2) is 29.2 Å². The van der Waals surface area contributed by atoms with Gasteiger partial charge in [-0.25, -0.2) is 13.1 Å². The molecule has 1 aromatic carbocycles. The topological polar surface area (TPSA) is 78.4 Å². The summed E-state index contributed by atoms with van der Waals surface area (Å²) in [5, 5.41) is 12.8. The Bertz CT molecular complexity index is 560. The monoisotopic (exact) mass is 312 g/mol. The van der Waals surface area contributed by atoms with Gasteiger partial charge in [0.2, 0.25) is 10.0 Å². The number of hydrogen-bond acceptors (Lipinski definition) is 4. The Morgan fingerprint density at radius 2 is 1.95 bits per heavy atom. The minimum atomic E-state index is -3.49. The number of aliphatic hydroxyl groups is 1. The van der Waals surface area contributed by atoms with Gasteiger partial charge >= 0.3 is 0 Å². The first-order valence-electron chi connectivity index (χ1n) is 7.54. The van der Waals surface area contributed by atoms with Crippen LogP contribution in [0.3, 0.4) is 0 Å². The maximum absolute atomic E-state index is 12.2. The van der Waals surface area contributed by atoms with E-state index in [1.54, 1.807) is 25.1 Å². The lowest BCUT2D eigenvalue weighted by molar-refractivity contribution is 0.178. The van der Waals surface area contributed by atoms with E-state index in [1.165, 1.54) is 0 Å². The van der Waals surface area contributed by atoms with Crippen LogP contribution in [0.1, 0.15) is 32.6 Å². The second-order valence-electron chi connectivity index (χ2n) is 5.48. The van der Waals surface area contributed by atoms with E-state index < -0.39 is 10.0 Å². The van der Waals surface area contributed by atoms with Crippen molar-refractivity contribution in [3.63, 3.8) is 0 Å². The molecule has 118 valence electrons. The lowest BCUT2D eigenvalue weighted by Gasteiger charge is -2.32. The molecule has 6 heteroatoms. The molecule has 2 atom stereocenters. The first-order chi connectivity index (χ1) is 10.1. The van der Waals surface area contributed by atoms with Crippen LogP contribution in [-0.2, 0) is 10.0 Å². The molecule has 0 aromatic heterocycles. The molecule has 21 heavy (non-hydrogen) atoms. The number of hydrogen-bond donors (Lipinski definition) is 3. The van der Waals surface area contributed by atoms with Crippen molar-refractivity contribution < 1.29 is 13.5 Å². The van der Waals surface area contributed by atoms with Crippen LogP contribution >= 0.6 is 0 Å². The summed E-state index contributed by atoms with van der Waals surface area (Å²) in [7, 11) is -3.49. The van der Waals surface area contributed by atoms with E-state index in [2.05, 4.69) is 10.0 Å². The summed E-state index contributed by atoms with van der Waals surface area (Å²) in [4.78, 5) is 0.272. The van der Waals surface area contributed by atoms with Crippen LogP contribution < -0.4 is 10.0 Å².